The van der Waals surface area contributed by atoms with E-state index in [1.165, 1.54) is 11.1 Å². The predicted molar refractivity (Wildman–Crippen MR) is 100 cm³/mol. The maximum absolute atomic E-state index is 11.2. The molecule has 0 bridgehead atoms. The van der Waals surface area contributed by atoms with E-state index in [-0.39, 0.29) is 5.56 Å². The Bertz CT molecular complexity index is 716. The van der Waals surface area contributed by atoms with Crippen LogP contribution in [0.2, 0.25) is 0 Å². The van der Waals surface area contributed by atoms with E-state index in [1.807, 2.05) is 12.1 Å². The zero-order valence-corrected chi connectivity index (χ0v) is 15.5. The van der Waals surface area contributed by atoms with Crippen LogP contribution in [0, 0.1) is 13.8 Å². The highest BCUT2D eigenvalue weighted by Crippen LogP contribution is 2.21. The number of carboxylic acids is 1. The van der Waals surface area contributed by atoms with Crippen LogP contribution in [0.5, 0.6) is 5.75 Å². The second-order valence-corrected chi connectivity index (χ2v) is 6.64. The molecule has 0 aliphatic rings. The number of hydrogen-bond acceptors (Lipinski definition) is 3. The van der Waals surface area contributed by atoms with E-state index < -0.39 is 5.97 Å². The molecule has 0 heterocycles. The molecular weight excluding hydrogens is 370 g/mol. The number of benzene rings is 2. The molecule has 0 aliphatic heterocycles. The summed E-state index contributed by atoms with van der Waals surface area (Å²) in [7, 11) is 0. The summed E-state index contributed by atoms with van der Waals surface area (Å²) in [5.74, 6) is -0.0380. The summed E-state index contributed by atoms with van der Waals surface area (Å²) in [6.07, 6.45) is 1.80. The molecule has 0 saturated carbocycles. The standard InChI is InChI=1S/C19H22BrNO3/c1-13-5-7-16(11-14(13)2)24-10-4-3-9-21-18-8-6-15(20)12-17(18)19(22)23/h5-8,11-12,21H,3-4,9-10H2,1-2H3,(H,22,23). The first kappa shape index (κ1) is 18.3. The number of aryl methyl sites for hydroxylation is 2. The Labute approximate surface area is 151 Å². The van der Waals surface area contributed by atoms with Crippen LogP contribution in [0.15, 0.2) is 40.9 Å². The monoisotopic (exact) mass is 391 g/mol. The average Bonchev–Trinajstić information content (AvgIpc) is 2.55. The zero-order chi connectivity index (χ0) is 17.5. The van der Waals surface area contributed by atoms with Gasteiger partial charge in [-0.2, -0.15) is 0 Å². The van der Waals surface area contributed by atoms with Gasteiger partial charge in [-0.15, -0.1) is 0 Å². The van der Waals surface area contributed by atoms with Crippen LogP contribution in [0.25, 0.3) is 0 Å². The van der Waals surface area contributed by atoms with E-state index in [1.54, 1.807) is 12.1 Å². The molecule has 0 amide bonds. The van der Waals surface area contributed by atoms with Gasteiger partial charge in [0.25, 0.3) is 0 Å². The summed E-state index contributed by atoms with van der Waals surface area (Å²) >= 11 is 3.29. The number of anilines is 1. The number of nitrogens with one attached hydrogen (secondary N) is 1. The summed E-state index contributed by atoms with van der Waals surface area (Å²) in [5.41, 5.74) is 3.40. The summed E-state index contributed by atoms with van der Waals surface area (Å²) in [4.78, 5) is 11.2. The van der Waals surface area contributed by atoms with E-state index in [4.69, 9.17) is 4.74 Å². The number of carboxylic acid groups (broad SMARTS) is 1. The molecule has 0 spiro atoms. The fraction of sp³-hybridized carbons (Fsp3) is 0.316. The van der Waals surface area contributed by atoms with Crippen LogP contribution in [-0.4, -0.2) is 24.2 Å². The Hall–Kier alpha value is -2.01. The molecule has 2 aromatic rings. The first-order chi connectivity index (χ1) is 11.5. The van der Waals surface area contributed by atoms with Gasteiger partial charge < -0.3 is 15.2 Å². The molecule has 128 valence electrons. The van der Waals surface area contributed by atoms with Crippen molar-refractivity contribution in [3.8, 4) is 5.75 Å². The maximum Gasteiger partial charge on any atom is 0.337 e. The third-order valence-electron chi connectivity index (χ3n) is 3.85. The molecule has 24 heavy (non-hydrogen) atoms. The smallest absolute Gasteiger partial charge is 0.337 e. The Morgan fingerprint density at radius 2 is 1.92 bits per heavy atom. The maximum atomic E-state index is 11.2. The fourth-order valence-corrected chi connectivity index (χ4v) is 2.65. The third kappa shape index (κ3) is 5.27. The number of aromatic carboxylic acids is 1. The van der Waals surface area contributed by atoms with Gasteiger partial charge in [0.05, 0.1) is 12.2 Å². The lowest BCUT2D eigenvalue weighted by atomic mass is 10.1. The first-order valence-electron chi connectivity index (χ1n) is 7.94. The van der Waals surface area contributed by atoms with Crippen molar-refractivity contribution in [2.24, 2.45) is 0 Å². The molecule has 0 aromatic heterocycles. The molecule has 0 fully saturated rings. The summed E-state index contributed by atoms with van der Waals surface area (Å²) in [6, 6.07) is 11.3. The summed E-state index contributed by atoms with van der Waals surface area (Å²) in [5, 5.41) is 12.4. The third-order valence-corrected chi connectivity index (χ3v) is 4.34. The highest BCUT2D eigenvalue weighted by atomic mass is 79.9. The molecule has 0 saturated heterocycles. The quantitative estimate of drug-likeness (QED) is 0.619. The van der Waals surface area contributed by atoms with Crippen molar-refractivity contribution >= 4 is 27.6 Å². The first-order valence-corrected chi connectivity index (χ1v) is 8.73. The minimum absolute atomic E-state index is 0.274. The second kappa shape index (κ2) is 8.73. The number of rotatable bonds is 8. The Morgan fingerprint density at radius 1 is 1.12 bits per heavy atom. The molecule has 4 nitrogen and oxygen atoms in total. The minimum atomic E-state index is -0.933. The van der Waals surface area contributed by atoms with Gasteiger partial charge in [0.2, 0.25) is 0 Å². The molecule has 0 atom stereocenters. The zero-order valence-electron chi connectivity index (χ0n) is 13.9. The van der Waals surface area contributed by atoms with E-state index >= 15 is 0 Å². The van der Waals surface area contributed by atoms with Crippen LogP contribution in [0.1, 0.15) is 34.3 Å². The van der Waals surface area contributed by atoms with E-state index in [2.05, 4.69) is 47.2 Å². The molecule has 5 heteroatoms. The lowest BCUT2D eigenvalue weighted by molar-refractivity contribution is 0.0698. The van der Waals surface area contributed by atoms with E-state index in [0.717, 1.165) is 23.1 Å². The lowest BCUT2D eigenvalue weighted by Gasteiger charge is -2.11. The second-order valence-electron chi connectivity index (χ2n) is 5.72. The predicted octanol–water partition coefficient (Wildman–Crippen LogP) is 5.04. The van der Waals surface area contributed by atoms with Crippen molar-refractivity contribution < 1.29 is 14.6 Å². The van der Waals surface area contributed by atoms with E-state index in [0.29, 0.717) is 18.8 Å². The molecule has 2 N–H and O–H groups in total. The Balaban J connectivity index is 1.73. The largest absolute Gasteiger partial charge is 0.494 e. The van der Waals surface area contributed by atoms with Crippen molar-refractivity contribution in [2.45, 2.75) is 26.7 Å². The summed E-state index contributed by atoms with van der Waals surface area (Å²) < 4.78 is 6.50. The number of carbonyl (C=O) groups is 1. The van der Waals surface area contributed by atoms with Crippen LogP contribution < -0.4 is 10.1 Å². The molecular formula is C19H22BrNO3. The van der Waals surface area contributed by atoms with Gasteiger partial charge in [-0.3, -0.25) is 0 Å². The normalized spacial score (nSPS) is 10.5. The van der Waals surface area contributed by atoms with Crippen molar-refractivity contribution in [3.05, 3.63) is 57.6 Å². The van der Waals surface area contributed by atoms with Gasteiger partial charge in [-0.25, -0.2) is 4.79 Å². The Kier molecular flexibility index (Phi) is 6.67. The van der Waals surface area contributed by atoms with Gasteiger partial charge in [0.1, 0.15) is 5.75 Å². The van der Waals surface area contributed by atoms with Crippen LogP contribution in [0.3, 0.4) is 0 Å². The van der Waals surface area contributed by atoms with Crippen molar-refractivity contribution in [1.82, 2.24) is 0 Å². The van der Waals surface area contributed by atoms with Crippen LogP contribution >= 0.6 is 15.9 Å². The summed E-state index contributed by atoms with van der Waals surface area (Å²) in [6.45, 7) is 5.51. The topological polar surface area (TPSA) is 58.6 Å². The SMILES string of the molecule is Cc1ccc(OCCCCNc2ccc(Br)cc2C(=O)O)cc1C. The minimum Gasteiger partial charge on any atom is -0.494 e. The van der Waals surface area contributed by atoms with Crippen LogP contribution in [0.4, 0.5) is 5.69 Å². The van der Waals surface area contributed by atoms with Gasteiger partial charge in [0, 0.05) is 16.7 Å². The number of halogens is 1. The van der Waals surface area contributed by atoms with Crippen molar-refractivity contribution in [2.75, 3.05) is 18.5 Å². The van der Waals surface area contributed by atoms with Gasteiger partial charge in [-0.05, 0) is 68.1 Å². The average molecular weight is 392 g/mol. The van der Waals surface area contributed by atoms with Crippen LogP contribution in [-0.2, 0) is 0 Å². The highest BCUT2D eigenvalue weighted by molar-refractivity contribution is 9.10. The fourth-order valence-electron chi connectivity index (χ4n) is 2.29. The molecule has 0 unspecified atom stereocenters. The van der Waals surface area contributed by atoms with Crippen molar-refractivity contribution in [3.63, 3.8) is 0 Å². The molecule has 0 radical (unpaired) electrons. The van der Waals surface area contributed by atoms with Gasteiger partial charge in [0.15, 0.2) is 0 Å². The van der Waals surface area contributed by atoms with E-state index in [9.17, 15) is 9.90 Å². The number of unbranched alkanes of at least 4 members (excludes halogenated alkanes) is 1. The van der Waals surface area contributed by atoms with Crippen molar-refractivity contribution in [1.29, 1.82) is 0 Å². The number of ether oxygens (including phenoxy) is 1. The number of hydrogen-bond donors (Lipinski definition) is 2. The van der Waals surface area contributed by atoms with Gasteiger partial charge in [-0.1, -0.05) is 22.0 Å². The molecule has 0 aliphatic carbocycles. The van der Waals surface area contributed by atoms with Gasteiger partial charge >= 0.3 is 5.97 Å². The lowest BCUT2D eigenvalue weighted by Crippen LogP contribution is -2.09. The highest BCUT2D eigenvalue weighted by Gasteiger charge is 2.09. The molecule has 2 rings (SSSR count). The molecule has 2 aromatic carbocycles. The Morgan fingerprint density at radius 3 is 2.62 bits per heavy atom.